The summed E-state index contributed by atoms with van der Waals surface area (Å²) in [6.07, 6.45) is 2.75. The average molecular weight is 187 g/mol. The van der Waals surface area contributed by atoms with Gasteiger partial charge in [0, 0.05) is 0 Å². The lowest BCUT2D eigenvalue weighted by molar-refractivity contribution is 0.484. The average Bonchev–Trinajstić information content (AvgIpc) is 2.49. The minimum Gasteiger partial charge on any atom is -0.316 e. The molecule has 2 heteroatoms. The maximum atomic E-state index is 3.55. The van der Waals surface area contributed by atoms with E-state index in [-0.39, 0.29) is 0 Å². The van der Waals surface area contributed by atoms with E-state index in [0.717, 1.165) is 11.8 Å². The lowest BCUT2D eigenvalue weighted by atomic mass is 10.1. The molecule has 1 N–H and O–H groups in total. The summed E-state index contributed by atoms with van der Waals surface area (Å²) in [5.74, 6) is 4.57. The van der Waals surface area contributed by atoms with Gasteiger partial charge in [0.2, 0.25) is 0 Å². The monoisotopic (exact) mass is 187 g/mol. The highest BCUT2D eigenvalue weighted by Gasteiger charge is 2.14. The zero-order valence-electron chi connectivity index (χ0n) is 8.31. The zero-order chi connectivity index (χ0) is 8.81. The molecular formula is C10H21NS. The Labute approximate surface area is 80.7 Å². The number of rotatable bonds is 5. The Morgan fingerprint density at radius 1 is 1.50 bits per heavy atom. The maximum Gasteiger partial charge on any atom is -0.00123 e. The van der Waals surface area contributed by atoms with Crippen LogP contribution < -0.4 is 5.32 Å². The molecule has 0 amide bonds. The molecule has 0 aromatic carbocycles. The first-order chi connectivity index (χ1) is 5.79. The van der Waals surface area contributed by atoms with Crippen LogP contribution in [0.4, 0.5) is 0 Å². The highest BCUT2D eigenvalue weighted by atomic mass is 32.2. The third-order valence-corrected chi connectivity index (χ3v) is 3.59. The molecule has 0 spiro atoms. The van der Waals surface area contributed by atoms with E-state index >= 15 is 0 Å². The minimum atomic E-state index is 0.843. The molecule has 1 aliphatic rings. The van der Waals surface area contributed by atoms with Crippen LogP contribution in [0.15, 0.2) is 0 Å². The van der Waals surface area contributed by atoms with Crippen molar-refractivity contribution in [1.29, 1.82) is 0 Å². The van der Waals surface area contributed by atoms with Gasteiger partial charge in [-0.2, -0.15) is 11.8 Å². The van der Waals surface area contributed by atoms with Gasteiger partial charge < -0.3 is 5.32 Å². The molecule has 1 rings (SSSR count). The van der Waals surface area contributed by atoms with Crippen LogP contribution in [0.5, 0.6) is 0 Å². The first-order valence-corrected chi connectivity index (χ1v) is 6.23. The molecule has 0 radical (unpaired) electrons. The van der Waals surface area contributed by atoms with Crippen molar-refractivity contribution < 1.29 is 0 Å². The maximum absolute atomic E-state index is 3.55. The van der Waals surface area contributed by atoms with E-state index in [1.807, 2.05) is 0 Å². The Kier molecular flexibility index (Phi) is 5.08. The lowest BCUT2D eigenvalue weighted by Gasteiger charge is -2.10. The Bertz CT molecular complexity index is 108. The Balaban J connectivity index is 1.88. The van der Waals surface area contributed by atoms with Crippen molar-refractivity contribution in [2.45, 2.75) is 26.7 Å². The van der Waals surface area contributed by atoms with E-state index in [1.165, 1.54) is 37.4 Å². The Hall–Kier alpha value is 0.310. The number of nitrogens with one attached hydrogen (secondary N) is 1. The summed E-state index contributed by atoms with van der Waals surface area (Å²) < 4.78 is 0. The van der Waals surface area contributed by atoms with Crippen LogP contribution in [0.3, 0.4) is 0 Å². The van der Waals surface area contributed by atoms with Crippen LogP contribution in [0.25, 0.3) is 0 Å². The standard InChI is InChI=1S/C10H21NS/c1-9(2)3-5-11-7-10-4-6-12-8-10/h9-11H,3-8H2,1-2H3. The largest absolute Gasteiger partial charge is 0.316 e. The van der Waals surface area contributed by atoms with Gasteiger partial charge in [0.05, 0.1) is 0 Å². The van der Waals surface area contributed by atoms with Crippen LogP contribution in [-0.2, 0) is 0 Å². The van der Waals surface area contributed by atoms with Gasteiger partial charge in [-0.25, -0.2) is 0 Å². The third kappa shape index (κ3) is 4.36. The fourth-order valence-corrected chi connectivity index (χ4v) is 2.73. The summed E-state index contributed by atoms with van der Waals surface area (Å²) >= 11 is 2.11. The van der Waals surface area contributed by atoms with Crippen LogP contribution >= 0.6 is 11.8 Å². The van der Waals surface area contributed by atoms with Crippen molar-refractivity contribution >= 4 is 11.8 Å². The third-order valence-electron chi connectivity index (χ3n) is 2.36. The van der Waals surface area contributed by atoms with Crippen LogP contribution in [-0.4, -0.2) is 24.6 Å². The summed E-state index contributed by atoms with van der Waals surface area (Å²) in [6.45, 7) is 7.03. The lowest BCUT2D eigenvalue weighted by Crippen LogP contribution is -2.24. The summed E-state index contributed by atoms with van der Waals surface area (Å²) in [7, 11) is 0. The second-order valence-electron chi connectivity index (χ2n) is 4.12. The fraction of sp³-hybridized carbons (Fsp3) is 1.00. The number of hydrogen-bond acceptors (Lipinski definition) is 2. The Morgan fingerprint density at radius 2 is 2.33 bits per heavy atom. The second-order valence-corrected chi connectivity index (χ2v) is 5.27. The van der Waals surface area contributed by atoms with Crippen LogP contribution in [0, 0.1) is 11.8 Å². The smallest absolute Gasteiger partial charge is 0.00123 e. The normalized spacial score (nSPS) is 23.8. The van der Waals surface area contributed by atoms with Crippen molar-refractivity contribution in [3.63, 3.8) is 0 Å². The summed E-state index contributed by atoms with van der Waals surface area (Å²) in [4.78, 5) is 0. The molecular weight excluding hydrogens is 166 g/mol. The minimum absolute atomic E-state index is 0.843. The molecule has 1 fully saturated rings. The molecule has 1 saturated heterocycles. The highest BCUT2D eigenvalue weighted by molar-refractivity contribution is 7.99. The molecule has 0 aliphatic carbocycles. The molecule has 1 unspecified atom stereocenters. The second kappa shape index (κ2) is 5.87. The van der Waals surface area contributed by atoms with Gasteiger partial charge in [-0.15, -0.1) is 0 Å². The summed E-state index contributed by atoms with van der Waals surface area (Å²) in [6, 6.07) is 0. The SMILES string of the molecule is CC(C)CCNCC1CCSC1. The predicted molar refractivity (Wildman–Crippen MR) is 57.8 cm³/mol. The van der Waals surface area contributed by atoms with Crippen molar-refractivity contribution in [2.24, 2.45) is 11.8 Å². The van der Waals surface area contributed by atoms with Gasteiger partial charge in [0.1, 0.15) is 0 Å². The van der Waals surface area contributed by atoms with Crippen LogP contribution in [0.2, 0.25) is 0 Å². The molecule has 1 nitrogen and oxygen atoms in total. The first kappa shape index (κ1) is 10.4. The zero-order valence-corrected chi connectivity index (χ0v) is 9.12. The molecule has 0 bridgehead atoms. The van der Waals surface area contributed by atoms with Gasteiger partial charge in [-0.1, -0.05) is 13.8 Å². The molecule has 0 saturated carbocycles. The number of thioether (sulfide) groups is 1. The van der Waals surface area contributed by atoms with Crippen LogP contribution in [0.1, 0.15) is 26.7 Å². The first-order valence-electron chi connectivity index (χ1n) is 5.07. The Morgan fingerprint density at radius 3 is 2.92 bits per heavy atom. The van der Waals surface area contributed by atoms with Gasteiger partial charge in [-0.3, -0.25) is 0 Å². The van der Waals surface area contributed by atoms with E-state index in [9.17, 15) is 0 Å². The van der Waals surface area contributed by atoms with E-state index in [1.54, 1.807) is 0 Å². The molecule has 1 atom stereocenters. The quantitative estimate of drug-likeness (QED) is 0.663. The highest BCUT2D eigenvalue weighted by Crippen LogP contribution is 2.22. The van der Waals surface area contributed by atoms with Gasteiger partial charge in [0.15, 0.2) is 0 Å². The summed E-state index contributed by atoms with van der Waals surface area (Å²) in [5.41, 5.74) is 0. The molecule has 12 heavy (non-hydrogen) atoms. The summed E-state index contributed by atoms with van der Waals surface area (Å²) in [5, 5.41) is 3.55. The number of hydrogen-bond donors (Lipinski definition) is 1. The van der Waals surface area contributed by atoms with Crippen molar-refractivity contribution in [1.82, 2.24) is 5.32 Å². The van der Waals surface area contributed by atoms with E-state index < -0.39 is 0 Å². The molecule has 0 aromatic rings. The van der Waals surface area contributed by atoms with E-state index in [2.05, 4.69) is 30.9 Å². The predicted octanol–water partition coefficient (Wildman–Crippen LogP) is 2.38. The molecule has 72 valence electrons. The van der Waals surface area contributed by atoms with E-state index in [4.69, 9.17) is 0 Å². The fourth-order valence-electron chi connectivity index (χ4n) is 1.44. The van der Waals surface area contributed by atoms with Gasteiger partial charge in [0.25, 0.3) is 0 Å². The molecule has 0 aromatic heterocycles. The van der Waals surface area contributed by atoms with Gasteiger partial charge >= 0.3 is 0 Å². The van der Waals surface area contributed by atoms with Gasteiger partial charge in [-0.05, 0) is 49.3 Å². The topological polar surface area (TPSA) is 12.0 Å². The van der Waals surface area contributed by atoms with E-state index in [0.29, 0.717) is 0 Å². The molecule has 1 aliphatic heterocycles. The van der Waals surface area contributed by atoms with Crippen molar-refractivity contribution in [2.75, 3.05) is 24.6 Å². The molecule has 1 heterocycles. The van der Waals surface area contributed by atoms with Crippen molar-refractivity contribution in [3.8, 4) is 0 Å². The van der Waals surface area contributed by atoms with Crippen molar-refractivity contribution in [3.05, 3.63) is 0 Å².